The summed E-state index contributed by atoms with van der Waals surface area (Å²) in [5.74, 6) is 1.00. The summed E-state index contributed by atoms with van der Waals surface area (Å²) in [5, 5.41) is 0.926. The highest BCUT2D eigenvalue weighted by Gasteiger charge is 2.15. The Morgan fingerprint density at radius 2 is 1.50 bits per heavy atom. The number of carbonyl (C=O) groups is 1. The first kappa shape index (κ1) is 23.2. The van der Waals surface area contributed by atoms with Crippen molar-refractivity contribution in [2.75, 3.05) is 14.2 Å². The maximum absolute atomic E-state index is 12.9. The first-order valence-corrected chi connectivity index (χ1v) is 10.6. The molecule has 1 aromatic heterocycles. The van der Waals surface area contributed by atoms with Gasteiger partial charge >= 0.3 is 5.97 Å². The number of hydrogen-bond donors (Lipinski definition) is 0. The van der Waals surface area contributed by atoms with Gasteiger partial charge in [0.05, 0.1) is 25.2 Å². The lowest BCUT2D eigenvalue weighted by Gasteiger charge is -2.10. The van der Waals surface area contributed by atoms with Crippen LogP contribution in [0.1, 0.15) is 21.5 Å². The monoisotopic (exact) mass is 480 g/mol. The highest BCUT2D eigenvalue weighted by atomic mass is 35.5. The van der Waals surface area contributed by atoms with Crippen LogP contribution in [0.4, 0.5) is 0 Å². The molecule has 0 fully saturated rings. The van der Waals surface area contributed by atoms with Crippen LogP contribution in [0.2, 0.25) is 5.02 Å². The van der Waals surface area contributed by atoms with Crippen LogP contribution in [0, 0.1) is 13.8 Å². The maximum atomic E-state index is 12.9. The molecule has 0 radical (unpaired) electrons. The summed E-state index contributed by atoms with van der Waals surface area (Å²) in [4.78, 5) is 25.6. The molecule has 0 aliphatic rings. The molecule has 1 heterocycles. The molecule has 7 nitrogen and oxygen atoms in total. The van der Waals surface area contributed by atoms with Crippen molar-refractivity contribution in [1.29, 1.82) is 0 Å². The number of rotatable bonds is 6. The molecule has 0 saturated carbocycles. The normalized spacial score (nSPS) is 10.7. The van der Waals surface area contributed by atoms with E-state index in [2.05, 4.69) is 0 Å². The Labute approximate surface area is 200 Å². The van der Waals surface area contributed by atoms with Crippen LogP contribution in [-0.2, 0) is 0 Å². The summed E-state index contributed by atoms with van der Waals surface area (Å²) in [6.07, 6.45) is 1.22. The number of hydrogen-bond acceptors (Lipinski definition) is 7. The molecule has 0 saturated heterocycles. The van der Waals surface area contributed by atoms with Crippen molar-refractivity contribution in [1.82, 2.24) is 0 Å². The van der Waals surface area contributed by atoms with E-state index in [1.807, 2.05) is 13.8 Å². The lowest BCUT2D eigenvalue weighted by Crippen LogP contribution is -2.10. The largest absolute Gasteiger partial charge is 0.497 e. The zero-order valence-electron chi connectivity index (χ0n) is 18.9. The molecule has 0 atom stereocenters. The van der Waals surface area contributed by atoms with Gasteiger partial charge in [0, 0.05) is 17.2 Å². The summed E-state index contributed by atoms with van der Waals surface area (Å²) in [6.45, 7) is 3.71. The second-order valence-electron chi connectivity index (χ2n) is 7.55. The van der Waals surface area contributed by atoms with E-state index in [4.69, 9.17) is 35.0 Å². The molecule has 3 aromatic carbocycles. The summed E-state index contributed by atoms with van der Waals surface area (Å²) in [5.41, 5.74) is 1.80. The highest BCUT2D eigenvalue weighted by Crippen LogP contribution is 2.30. The number of halogens is 1. The number of ether oxygens (including phenoxy) is 4. The second kappa shape index (κ2) is 9.49. The third kappa shape index (κ3) is 4.70. The van der Waals surface area contributed by atoms with Gasteiger partial charge < -0.3 is 23.4 Å². The fraction of sp³-hybridized carbons (Fsp3) is 0.154. The van der Waals surface area contributed by atoms with Gasteiger partial charge in [0.2, 0.25) is 11.2 Å². The van der Waals surface area contributed by atoms with Crippen LogP contribution >= 0.6 is 11.6 Å². The molecule has 0 aliphatic carbocycles. The lowest BCUT2D eigenvalue weighted by molar-refractivity contribution is 0.0734. The first-order valence-electron chi connectivity index (χ1n) is 10.2. The molecule has 0 spiro atoms. The van der Waals surface area contributed by atoms with Crippen molar-refractivity contribution in [3.63, 3.8) is 0 Å². The van der Waals surface area contributed by atoms with E-state index in [1.165, 1.54) is 50.8 Å². The summed E-state index contributed by atoms with van der Waals surface area (Å²) < 4.78 is 27.2. The summed E-state index contributed by atoms with van der Waals surface area (Å²) >= 11 is 6.20. The first-order chi connectivity index (χ1) is 16.3. The average molecular weight is 481 g/mol. The summed E-state index contributed by atoms with van der Waals surface area (Å²) in [7, 11) is 2.98. The van der Waals surface area contributed by atoms with Gasteiger partial charge in [-0.1, -0.05) is 11.6 Å². The van der Waals surface area contributed by atoms with Gasteiger partial charge in [0.25, 0.3) is 0 Å². The Morgan fingerprint density at radius 3 is 2.12 bits per heavy atom. The minimum absolute atomic E-state index is 0.0295. The fourth-order valence-electron chi connectivity index (χ4n) is 3.41. The number of carbonyl (C=O) groups excluding carboxylic acids is 1. The molecule has 0 unspecified atom stereocenters. The van der Waals surface area contributed by atoms with E-state index < -0.39 is 5.97 Å². The van der Waals surface area contributed by atoms with Crippen molar-refractivity contribution in [3.05, 3.63) is 86.7 Å². The smallest absolute Gasteiger partial charge is 0.343 e. The van der Waals surface area contributed by atoms with E-state index >= 15 is 0 Å². The minimum Gasteiger partial charge on any atom is -0.497 e. The number of esters is 1. The van der Waals surface area contributed by atoms with Gasteiger partial charge in [-0.15, -0.1) is 0 Å². The lowest BCUT2D eigenvalue weighted by atomic mass is 10.1. The Kier molecular flexibility index (Phi) is 6.47. The number of fused-ring (bicyclic) bond motifs is 1. The highest BCUT2D eigenvalue weighted by molar-refractivity contribution is 6.32. The van der Waals surface area contributed by atoms with E-state index in [1.54, 1.807) is 18.2 Å². The van der Waals surface area contributed by atoms with Crippen molar-refractivity contribution in [3.8, 4) is 28.7 Å². The Balaban J connectivity index is 1.60. The van der Waals surface area contributed by atoms with E-state index in [0.29, 0.717) is 22.3 Å². The standard InChI is InChI=1S/C26H21ClO7/c1-14-7-20(8-15(2)24(14)27)33-23-13-32-22-12-17(5-6-21(22)25(23)28)34-26(29)16-9-18(30-3)11-19(10-16)31-4/h5-13H,1-4H3. The fourth-order valence-corrected chi connectivity index (χ4v) is 3.52. The van der Waals surface area contributed by atoms with E-state index in [9.17, 15) is 9.59 Å². The third-order valence-corrected chi connectivity index (χ3v) is 5.75. The molecule has 0 aliphatic heterocycles. The summed E-state index contributed by atoms with van der Waals surface area (Å²) in [6, 6.07) is 12.7. The second-order valence-corrected chi connectivity index (χ2v) is 7.93. The van der Waals surface area contributed by atoms with Crippen LogP contribution in [0.5, 0.6) is 28.7 Å². The van der Waals surface area contributed by atoms with Gasteiger partial charge in [-0.05, 0) is 61.4 Å². The van der Waals surface area contributed by atoms with Crippen LogP contribution < -0.4 is 24.4 Å². The molecule has 4 aromatic rings. The third-order valence-electron chi connectivity index (χ3n) is 5.15. The van der Waals surface area contributed by atoms with Crippen molar-refractivity contribution >= 4 is 28.5 Å². The topological polar surface area (TPSA) is 84.2 Å². The molecular formula is C26H21ClO7. The van der Waals surface area contributed by atoms with Gasteiger partial charge in [0.15, 0.2) is 0 Å². The number of benzene rings is 3. The molecule has 174 valence electrons. The Hall–Kier alpha value is -3.97. The Morgan fingerprint density at radius 1 is 0.853 bits per heavy atom. The van der Waals surface area contributed by atoms with Crippen molar-refractivity contribution in [2.45, 2.75) is 13.8 Å². The van der Waals surface area contributed by atoms with Crippen LogP contribution in [-0.4, -0.2) is 20.2 Å². The van der Waals surface area contributed by atoms with Gasteiger partial charge in [0.1, 0.15) is 34.8 Å². The molecule has 4 rings (SSSR count). The number of methoxy groups -OCH3 is 2. The van der Waals surface area contributed by atoms with Crippen molar-refractivity contribution < 1.29 is 28.2 Å². The number of aryl methyl sites for hydroxylation is 2. The average Bonchev–Trinajstić information content (AvgIpc) is 2.83. The zero-order chi connectivity index (χ0) is 24.4. The van der Waals surface area contributed by atoms with Crippen LogP contribution in [0.25, 0.3) is 11.0 Å². The van der Waals surface area contributed by atoms with Crippen LogP contribution in [0.3, 0.4) is 0 Å². The molecule has 0 N–H and O–H groups in total. The zero-order valence-corrected chi connectivity index (χ0v) is 19.7. The van der Waals surface area contributed by atoms with Gasteiger partial charge in [-0.25, -0.2) is 4.79 Å². The quantitative estimate of drug-likeness (QED) is 0.244. The SMILES string of the molecule is COc1cc(OC)cc(C(=O)Oc2ccc3c(=O)c(Oc4cc(C)c(Cl)c(C)c4)coc3c2)c1. The molecule has 34 heavy (non-hydrogen) atoms. The van der Waals surface area contributed by atoms with Crippen molar-refractivity contribution in [2.24, 2.45) is 0 Å². The maximum Gasteiger partial charge on any atom is 0.343 e. The van der Waals surface area contributed by atoms with E-state index in [-0.39, 0.29) is 33.5 Å². The molecule has 8 heteroatoms. The Bertz CT molecular complexity index is 1410. The minimum atomic E-state index is -0.618. The molecule has 0 amide bonds. The van der Waals surface area contributed by atoms with Gasteiger partial charge in [-0.2, -0.15) is 0 Å². The molecule has 0 bridgehead atoms. The predicted octanol–water partition coefficient (Wildman–Crippen LogP) is 6.09. The van der Waals surface area contributed by atoms with Gasteiger partial charge in [-0.3, -0.25) is 4.79 Å². The van der Waals surface area contributed by atoms with Crippen LogP contribution in [0.15, 0.2) is 64.0 Å². The van der Waals surface area contributed by atoms with E-state index in [0.717, 1.165) is 11.1 Å². The predicted molar refractivity (Wildman–Crippen MR) is 128 cm³/mol. The molecular weight excluding hydrogens is 460 g/mol.